The molecule has 2 bridgehead atoms. The van der Waals surface area contributed by atoms with Gasteiger partial charge in [-0.25, -0.2) is 14.2 Å². The number of aliphatic hydroxyl groups excluding tert-OH is 3. The van der Waals surface area contributed by atoms with E-state index in [2.05, 4.69) is 10.1 Å². The number of hydrogen-bond acceptors (Lipinski definition) is 26. The topological polar surface area (TPSA) is 346 Å². The van der Waals surface area contributed by atoms with E-state index in [0.717, 1.165) is 12.5 Å². The number of esters is 2. The normalized spacial score (nSPS) is 41.8. The summed E-state index contributed by atoms with van der Waals surface area (Å²) in [6, 6.07) is 8.30. The van der Waals surface area contributed by atoms with Crippen LogP contribution >= 0.6 is 0 Å². The fourth-order valence-corrected chi connectivity index (χ4v) is 16.1. The summed E-state index contributed by atoms with van der Waals surface area (Å²) in [6.45, 7) is 37.7. The van der Waals surface area contributed by atoms with Crippen LogP contribution in [-0.4, -0.2) is 268 Å². The van der Waals surface area contributed by atoms with Crippen LogP contribution in [-0.2, 0) is 92.3 Å². The number of Topliss-reactive ketones (excluding diaryl/α,β-unsaturated/α-hetero) is 3. The zero-order valence-corrected chi connectivity index (χ0v) is 68.9. The zero-order valence-electron chi connectivity index (χ0n) is 68.9. The Labute approximate surface area is 634 Å². The van der Waals surface area contributed by atoms with Gasteiger partial charge in [0.05, 0.1) is 84.3 Å². The van der Waals surface area contributed by atoms with E-state index < -0.39 is 214 Å². The van der Waals surface area contributed by atoms with E-state index in [1.54, 1.807) is 67.5 Å². The van der Waals surface area contributed by atoms with E-state index in [4.69, 9.17) is 56.9 Å². The molecule has 0 radical (unpaired) electrons. The molecule has 5 aliphatic heterocycles. The Morgan fingerprint density at radius 3 is 1.62 bits per heavy atom. The number of carbonyl (C=O) groups excluding carboxylic acids is 6. The third-order valence-corrected chi connectivity index (χ3v) is 21.9. The molecule has 5 heterocycles. The highest BCUT2D eigenvalue weighted by atomic mass is 19.1. The Balaban J connectivity index is 0.000000396. The Kier molecular flexibility index (Phi) is 32.4. The number of fused-ring (bicyclic) bond motifs is 5. The fourth-order valence-electron chi connectivity index (χ4n) is 16.1. The number of halogens is 1. The van der Waals surface area contributed by atoms with Crippen LogP contribution in [0.1, 0.15) is 190 Å². The Bertz CT molecular complexity index is 3190. The quantitative estimate of drug-likeness (QED) is 0.0682. The van der Waals surface area contributed by atoms with Gasteiger partial charge >= 0.3 is 11.9 Å². The molecule has 5 aliphatic rings. The predicted octanol–water partition coefficient (Wildman–Crippen LogP) is 7.52. The Morgan fingerprint density at radius 2 is 1.15 bits per heavy atom. The summed E-state index contributed by atoms with van der Waals surface area (Å²) in [5.41, 5.74) is -9.64. The molecule has 28 heteroatoms. The number of hydrogen-bond donors (Lipinski definition) is 5. The molecule has 1 amide bonds. The summed E-state index contributed by atoms with van der Waals surface area (Å²) in [5, 5.41) is 63.0. The third-order valence-electron chi connectivity index (χ3n) is 21.9. The van der Waals surface area contributed by atoms with Gasteiger partial charge in [0.1, 0.15) is 71.8 Å². The van der Waals surface area contributed by atoms with Crippen LogP contribution in [0.25, 0.3) is 0 Å². The van der Waals surface area contributed by atoms with Crippen molar-refractivity contribution in [3.8, 4) is 0 Å². The summed E-state index contributed by atoms with van der Waals surface area (Å²) in [4.78, 5) is 96.3. The Hall–Kier alpha value is -4.73. The number of methoxy groups -OCH3 is 1. The van der Waals surface area contributed by atoms with Crippen molar-refractivity contribution in [3.63, 3.8) is 0 Å². The molecule has 1 aromatic carbocycles. The Morgan fingerprint density at radius 1 is 0.654 bits per heavy atom. The van der Waals surface area contributed by atoms with Gasteiger partial charge in [-0.05, 0) is 162 Å². The molecule has 5 saturated heterocycles. The number of likely N-dealkylation sites (N-methyl/N-ethyl adjacent to an activating group) is 2. The molecule has 0 saturated carbocycles. The second kappa shape index (κ2) is 37.3. The van der Waals surface area contributed by atoms with Crippen LogP contribution in [0, 0.1) is 41.4 Å². The van der Waals surface area contributed by atoms with Gasteiger partial charge in [0.15, 0.2) is 24.1 Å². The number of aliphatic hydroxyl groups is 5. The summed E-state index contributed by atoms with van der Waals surface area (Å²) in [5.74, 6) is -11.9. The molecule has 0 spiro atoms. The number of alkyl halides is 1. The van der Waals surface area contributed by atoms with Crippen molar-refractivity contribution < 1.29 is 116 Å². The summed E-state index contributed by atoms with van der Waals surface area (Å²) < 4.78 is 85.8. The van der Waals surface area contributed by atoms with Gasteiger partial charge < -0.3 is 92.3 Å². The number of cyclic esters (lactones) is 2. The highest BCUT2D eigenvalue weighted by molar-refractivity contribution is 6.08. The van der Waals surface area contributed by atoms with Gasteiger partial charge in [-0.2, -0.15) is 0 Å². The number of amides is 1. The van der Waals surface area contributed by atoms with Crippen molar-refractivity contribution >= 4 is 46.6 Å². The largest absolute Gasteiger partial charge is 0.459 e. The molecule has 27 nitrogen and oxygen atoms in total. The van der Waals surface area contributed by atoms with Gasteiger partial charge in [0, 0.05) is 49.3 Å². The van der Waals surface area contributed by atoms with Gasteiger partial charge in [0.25, 0.3) is 5.67 Å². The van der Waals surface area contributed by atoms with Crippen molar-refractivity contribution in [2.45, 2.75) is 329 Å². The minimum Gasteiger partial charge on any atom is -0.459 e. The lowest BCUT2D eigenvalue weighted by atomic mass is 9.73. The lowest BCUT2D eigenvalue weighted by Crippen LogP contribution is -2.66. The highest BCUT2D eigenvalue weighted by Crippen LogP contribution is 2.44. The molecular weight excluding hydrogens is 1390 g/mol. The average Bonchev–Trinajstić information content (AvgIpc) is 1.18. The molecule has 612 valence electrons. The summed E-state index contributed by atoms with van der Waals surface area (Å²) in [7, 11) is 8.58. The SMILES string of the molecule is CC[C@H]1OC(=O)[C@@](C)(F)C(=O)[C@H](C)[C@@H](O[C@@H]2O[C@H](C)[C@@H](OC(C)(C)C)[C@H](N(C)C)[C@H]2O)[C@](C)(OC)C[C@@H](C)C(=O)[C@H](C)[C@@H](O)[C@]1(C)O.CC[C@H]1OC(=O)[C@H](C)C(=O)[C@H](C)[C@@H](O[C@@H]2O[C@H](C)[C@@H](OC(C)(C)C)[C@H](N(C)C)[C@H]2O)[C@@]2(C)C[C@@H](C)C(=NC(C)=O)[C@H](C)[C@@H](OC/C(=N\OCc3ccccc3)CO2)[C@]1(C)O. The molecule has 0 unspecified atom stereocenters. The smallest absolute Gasteiger partial charge is 0.351 e. The minimum absolute atomic E-state index is 0.0401. The second-order valence-electron chi connectivity index (χ2n) is 33.9. The first-order chi connectivity index (χ1) is 49.2. The van der Waals surface area contributed by atoms with Crippen molar-refractivity contribution in [1.82, 2.24) is 9.80 Å². The lowest BCUT2D eigenvalue weighted by molar-refractivity contribution is -0.324. The van der Waals surface area contributed by atoms with Crippen molar-refractivity contribution in [1.29, 1.82) is 0 Å². The lowest BCUT2D eigenvalue weighted by Gasteiger charge is -2.50. The first-order valence-corrected chi connectivity index (χ1v) is 37.8. The molecule has 6 rings (SSSR count). The number of carbonyl (C=O) groups is 6. The highest BCUT2D eigenvalue weighted by Gasteiger charge is 2.59. The molecule has 5 fully saturated rings. The number of ketones is 3. The minimum atomic E-state index is -3.21. The summed E-state index contributed by atoms with van der Waals surface area (Å²) >= 11 is 0. The average molecular weight is 1520 g/mol. The van der Waals surface area contributed by atoms with Crippen LogP contribution < -0.4 is 0 Å². The second-order valence-corrected chi connectivity index (χ2v) is 33.9. The standard InChI is InChI=1S/C45H71N3O12.C34H60FNO11/c1-15-33-45(12,53)40-26(3)34(46-30(7)49)25(2)21-44(11,55-24-32(23-54-40)47-56-22-31-19-17-16-18-20-31)39(27(4)36(50)28(5)41(52)58-33)59-42-37(51)35(48(13)14)38(29(6)57-42)60-43(8,9)10;1-15-21-34(11,42)27(40)18(3)23(37)17(2)16-32(9,43-14)28(19(4)26(39)33(10,35)30(41)45-21)46-29-24(38)22(36(12)13)25(20(5)44-29)47-31(6,7)8/h16-20,25-29,33,35,37-40,42,51,53H,15,21-24H2,1-14H3;17-22,24-25,27-29,38,40,42H,15-16H2,1-14H3/b46-34?,47-32+;/t25-,26+,27+,28-,29-,33-,35-,37-,38-,39-,40-,42+,44-,45-;17-,18+,19+,20-,21-,22-,24-,25-,27-,28-,29+,32-,33+,34-/m11/s1. The number of oxime groups is 1. The molecular formula is C79H131FN4O23. The van der Waals surface area contributed by atoms with Crippen LogP contribution in [0.15, 0.2) is 40.5 Å². The maximum Gasteiger partial charge on any atom is 0.351 e. The van der Waals surface area contributed by atoms with Gasteiger partial charge in [-0.1, -0.05) is 90.9 Å². The molecule has 28 atom stereocenters. The molecule has 0 aliphatic carbocycles. The van der Waals surface area contributed by atoms with E-state index in [1.807, 2.05) is 112 Å². The van der Waals surface area contributed by atoms with Crippen molar-refractivity contribution in [2.75, 3.05) is 48.5 Å². The van der Waals surface area contributed by atoms with Gasteiger partial charge in [-0.3, -0.25) is 24.0 Å². The van der Waals surface area contributed by atoms with E-state index in [9.17, 15) is 54.3 Å². The molecule has 0 aromatic heterocycles. The predicted molar refractivity (Wildman–Crippen MR) is 396 cm³/mol. The number of rotatable bonds is 14. The summed E-state index contributed by atoms with van der Waals surface area (Å²) in [6.07, 6.45) is -15.2. The van der Waals surface area contributed by atoms with Gasteiger partial charge in [-0.15, -0.1) is 0 Å². The van der Waals surface area contributed by atoms with Gasteiger partial charge in [0.2, 0.25) is 5.91 Å². The van der Waals surface area contributed by atoms with E-state index in [0.29, 0.717) is 11.4 Å². The first kappa shape index (κ1) is 92.9. The zero-order chi connectivity index (χ0) is 81.5. The maximum absolute atomic E-state index is 16.4. The van der Waals surface area contributed by atoms with Crippen LogP contribution in [0.4, 0.5) is 4.39 Å². The first-order valence-electron chi connectivity index (χ1n) is 37.8. The maximum atomic E-state index is 16.4. The number of ether oxygens (including phenoxy) is 11. The molecule has 1 aromatic rings. The third kappa shape index (κ3) is 22.4. The van der Waals surface area contributed by atoms with Crippen LogP contribution in [0.3, 0.4) is 0 Å². The fraction of sp³-hybridized carbons (Fsp3) is 0.823. The molecule has 107 heavy (non-hydrogen) atoms. The van der Waals surface area contributed by atoms with Crippen molar-refractivity contribution in [3.05, 3.63) is 35.9 Å². The molecule has 5 N–H and O–H groups in total. The monoisotopic (exact) mass is 1520 g/mol. The van der Waals surface area contributed by atoms with Crippen LogP contribution in [0.5, 0.6) is 0 Å². The van der Waals surface area contributed by atoms with E-state index in [1.165, 1.54) is 48.7 Å². The van der Waals surface area contributed by atoms with E-state index in [-0.39, 0.29) is 45.5 Å². The van der Waals surface area contributed by atoms with E-state index >= 15 is 4.39 Å². The van der Waals surface area contributed by atoms with Crippen LogP contribution in [0.2, 0.25) is 0 Å². The number of benzene rings is 1. The number of aliphatic imine (C=N–C) groups is 1. The van der Waals surface area contributed by atoms with Crippen molar-refractivity contribution in [2.24, 2.45) is 51.6 Å². The number of nitrogens with zero attached hydrogens (tertiary/aromatic N) is 4.